The fourth-order valence-corrected chi connectivity index (χ4v) is 4.31. The summed E-state index contributed by atoms with van der Waals surface area (Å²) in [6.07, 6.45) is 0. The van der Waals surface area contributed by atoms with Crippen molar-refractivity contribution in [2.24, 2.45) is 0 Å². The van der Waals surface area contributed by atoms with Crippen LogP contribution in [0.5, 0.6) is 0 Å². The van der Waals surface area contributed by atoms with Gasteiger partial charge in [0.2, 0.25) is 10.0 Å². The van der Waals surface area contributed by atoms with Gasteiger partial charge < -0.3 is 10.1 Å². The summed E-state index contributed by atoms with van der Waals surface area (Å²) in [6.45, 7) is 2.93. The predicted molar refractivity (Wildman–Crippen MR) is 95.0 cm³/mol. The lowest BCUT2D eigenvalue weighted by molar-refractivity contribution is 0.0393. The molecule has 0 spiro atoms. The van der Waals surface area contributed by atoms with Gasteiger partial charge in [0.1, 0.15) is 0 Å². The number of benzene rings is 2. The molecular formula is C18H20N2O4S. The maximum Gasteiger partial charge on any atom is 0.255 e. The molecule has 1 atom stereocenters. The normalized spacial score (nSPS) is 18.7. The summed E-state index contributed by atoms with van der Waals surface area (Å²) < 4.78 is 32.2. The zero-order valence-electron chi connectivity index (χ0n) is 13.9. The van der Waals surface area contributed by atoms with Gasteiger partial charge in [-0.3, -0.25) is 4.79 Å². The molecule has 1 N–H and O–H groups in total. The molecule has 1 unspecified atom stereocenters. The number of hydrogen-bond donors (Lipinski definition) is 1. The SMILES string of the molecule is CC1COCCN1S(=O)(=O)c1ccc(C(=O)Nc2ccccc2)cc1. The molecule has 0 aliphatic carbocycles. The molecule has 1 aliphatic heterocycles. The molecule has 7 heteroatoms. The quantitative estimate of drug-likeness (QED) is 0.908. The number of hydrogen-bond acceptors (Lipinski definition) is 4. The van der Waals surface area contributed by atoms with Crippen LogP contribution in [0.4, 0.5) is 5.69 Å². The van der Waals surface area contributed by atoms with E-state index in [0.717, 1.165) is 0 Å². The molecule has 1 amide bonds. The fourth-order valence-electron chi connectivity index (χ4n) is 2.71. The highest BCUT2D eigenvalue weighted by molar-refractivity contribution is 7.89. The van der Waals surface area contributed by atoms with Crippen molar-refractivity contribution in [1.29, 1.82) is 0 Å². The average molecular weight is 360 g/mol. The summed E-state index contributed by atoms with van der Waals surface area (Å²) in [5.74, 6) is -0.283. The van der Waals surface area contributed by atoms with Crippen molar-refractivity contribution in [3.05, 3.63) is 60.2 Å². The molecule has 1 aliphatic rings. The van der Waals surface area contributed by atoms with Gasteiger partial charge in [-0.25, -0.2) is 8.42 Å². The van der Waals surface area contributed by atoms with Gasteiger partial charge in [0.15, 0.2) is 0 Å². The van der Waals surface area contributed by atoms with E-state index in [4.69, 9.17) is 4.74 Å². The number of sulfonamides is 1. The molecule has 0 saturated carbocycles. The first-order chi connectivity index (χ1) is 12.0. The molecule has 0 radical (unpaired) electrons. The lowest BCUT2D eigenvalue weighted by Gasteiger charge is -2.32. The molecule has 2 aromatic carbocycles. The number of amides is 1. The van der Waals surface area contributed by atoms with Gasteiger partial charge in [-0.15, -0.1) is 0 Å². The van der Waals surface area contributed by atoms with Gasteiger partial charge in [-0.1, -0.05) is 18.2 Å². The first kappa shape index (κ1) is 17.6. The minimum atomic E-state index is -3.59. The van der Waals surface area contributed by atoms with E-state index in [1.54, 1.807) is 12.1 Å². The molecule has 2 aromatic rings. The second kappa shape index (κ2) is 7.35. The van der Waals surface area contributed by atoms with E-state index in [1.165, 1.54) is 28.6 Å². The largest absolute Gasteiger partial charge is 0.378 e. The third kappa shape index (κ3) is 3.89. The number of carbonyl (C=O) groups is 1. The number of nitrogens with one attached hydrogen (secondary N) is 1. The third-order valence-electron chi connectivity index (χ3n) is 4.06. The van der Waals surface area contributed by atoms with E-state index in [0.29, 0.717) is 31.0 Å². The van der Waals surface area contributed by atoms with Gasteiger partial charge in [0, 0.05) is 23.8 Å². The van der Waals surface area contributed by atoms with Gasteiger partial charge in [0.05, 0.1) is 18.1 Å². The molecule has 1 fully saturated rings. The topological polar surface area (TPSA) is 75.7 Å². The van der Waals surface area contributed by atoms with Crippen molar-refractivity contribution in [1.82, 2.24) is 4.31 Å². The van der Waals surface area contributed by atoms with Gasteiger partial charge in [-0.05, 0) is 43.3 Å². The first-order valence-corrected chi connectivity index (χ1v) is 9.48. The van der Waals surface area contributed by atoms with Crippen molar-refractivity contribution >= 4 is 21.6 Å². The van der Waals surface area contributed by atoms with Crippen LogP contribution in [0, 0.1) is 0 Å². The molecule has 6 nitrogen and oxygen atoms in total. The fraction of sp³-hybridized carbons (Fsp3) is 0.278. The van der Waals surface area contributed by atoms with E-state index in [9.17, 15) is 13.2 Å². The predicted octanol–water partition coefficient (Wildman–Crippen LogP) is 2.35. The van der Waals surface area contributed by atoms with Crippen LogP contribution in [0.2, 0.25) is 0 Å². The number of para-hydroxylation sites is 1. The number of ether oxygens (including phenoxy) is 1. The van der Waals surface area contributed by atoms with Crippen molar-refractivity contribution in [2.45, 2.75) is 17.9 Å². The molecule has 25 heavy (non-hydrogen) atoms. The third-order valence-corrected chi connectivity index (χ3v) is 6.09. The van der Waals surface area contributed by atoms with Crippen LogP contribution in [0.1, 0.15) is 17.3 Å². The second-order valence-electron chi connectivity index (χ2n) is 5.88. The summed E-state index contributed by atoms with van der Waals surface area (Å²) in [5, 5.41) is 2.77. The maximum atomic E-state index is 12.7. The Morgan fingerprint density at radius 1 is 1.12 bits per heavy atom. The monoisotopic (exact) mass is 360 g/mol. The molecule has 3 rings (SSSR count). The first-order valence-electron chi connectivity index (χ1n) is 8.04. The Hall–Kier alpha value is -2.22. The van der Waals surface area contributed by atoms with Crippen LogP contribution in [0.25, 0.3) is 0 Å². The zero-order chi connectivity index (χ0) is 17.9. The van der Waals surface area contributed by atoms with Crippen molar-refractivity contribution in [3.8, 4) is 0 Å². The smallest absolute Gasteiger partial charge is 0.255 e. The Bertz CT molecular complexity index is 835. The standard InChI is InChI=1S/C18H20N2O4S/c1-14-13-24-12-11-20(14)25(22,23)17-9-7-15(8-10-17)18(21)19-16-5-3-2-4-6-16/h2-10,14H,11-13H2,1H3,(H,19,21). The van der Waals surface area contributed by atoms with Crippen molar-refractivity contribution in [2.75, 3.05) is 25.1 Å². The second-order valence-corrected chi connectivity index (χ2v) is 7.77. The van der Waals surface area contributed by atoms with Gasteiger partial charge >= 0.3 is 0 Å². The summed E-state index contributed by atoms with van der Waals surface area (Å²) in [5.41, 5.74) is 1.09. The highest BCUT2D eigenvalue weighted by Gasteiger charge is 2.31. The van der Waals surface area contributed by atoms with E-state index >= 15 is 0 Å². The van der Waals surface area contributed by atoms with E-state index < -0.39 is 10.0 Å². The number of rotatable bonds is 4. The van der Waals surface area contributed by atoms with Crippen LogP contribution < -0.4 is 5.32 Å². The van der Waals surface area contributed by atoms with Crippen LogP contribution in [0.15, 0.2) is 59.5 Å². The molecule has 0 aromatic heterocycles. The summed E-state index contributed by atoms with van der Waals surface area (Å²) >= 11 is 0. The van der Waals surface area contributed by atoms with E-state index in [2.05, 4.69) is 5.32 Å². The Kier molecular flexibility index (Phi) is 5.17. The number of anilines is 1. The maximum absolute atomic E-state index is 12.7. The number of nitrogens with zero attached hydrogens (tertiary/aromatic N) is 1. The lowest BCUT2D eigenvalue weighted by Crippen LogP contribution is -2.46. The Morgan fingerprint density at radius 3 is 2.44 bits per heavy atom. The molecule has 0 bridgehead atoms. The van der Waals surface area contributed by atoms with Crippen molar-refractivity contribution in [3.63, 3.8) is 0 Å². The van der Waals surface area contributed by atoms with Gasteiger partial charge in [-0.2, -0.15) is 4.31 Å². The molecule has 1 heterocycles. The van der Waals surface area contributed by atoms with Crippen LogP contribution >= 0.6 is 0 Å². The zero-order valence-corrected chi connectivity index (χ0v) is 14.7. The van der Waals surface area contributed by atoms with Gasteiger partial charge in [0.25, 0.3) is 5.91 Å². The van der Waals surface area contributed by atoms with Crippen LogP contribution in [-0.2, 0) is 14.8 Å². The Labute approximate surface area is 147 Å². The molecular weight excluding hydrogens is 340 g/mol. The summed E-state index contributed by atoms with van der Waals surface area (Å²) in [6, 6.07) is 14.9. The van der Waals surface area contributed by atoms with Crippen LogP contribution in [0.3, 0.4) is 0 Å². The van der Waals surface area contributed by atoms with Crippen molar-refractivity contribution < 1.29 is 17.9 Å². The highest BCUT2D eigenvalue weighted by Crippen LogP contribution is 2.21. The van der Waals surface area contributed by atoms with E-state index in [-0.39, 0.29) is 16.8 Å². The lowest BCUT2D eigenvalue weighted by atomic mass is 10.2. The number of morpholine rings is 1. The minimum Gasteiger partial charge on any atom is -0.378 e. The average Bonchev–Trinajstić information content (AvgIpc) is 2.63. The minimum absolute atomic E-state index is 0.178. The summed E-state index contributed by atoms with van der Waals surface area (Å²) in [7, 11) is -3.59. The summed E-state index contributed by atoms with van der Waals surface area (Å²) in [4.78, 5) is 12.4. The molecule has 132 valence electrons. The van der Waals surface area contributed by atoms with E-state index in [1.807, 2.05) is 25.1 Å². The Balaban J connectivity index is 1.76. The molecule has 1 saturated heterocycles. The number of carbonyl (C=O) groups excluding carboxylic acids is 1. The van der Waals surface area contributed by atoms with Crippen LogP contribution in [-0.4, -0.2) is 44.4 Å². The Morgan fingerprint density at radius 2 is 1.80 bits per heavy atom. The highest BCUT2D eigenvalue weighted by atomic mass is 32.2.